The summed E-state index contributed by atoms with van der Waals surface area (Å²) in [4.78, 5) is 12.3. The maximum absolute atomic E-state index is 12.3. The molecule has 0 aliphatic carbocycles. The predicted molar refractivity (Wildman–Crippen MR) is 121 cm³/mol. The van der Waals surface area contributed by atoms with E-state index in [0.29, 0.717) is 22.4 Å². The van der Waals surface area contributed by atoms with Crippen molar-refractivity contribution in [2.24, 2.45) is 0 Å². The number of rotatable bonds is 8. The average Bonchev–Trinajstić information content (AvgIpc) is 3.13. The van der Waals surface area contributed by atoms with Gasteiger partial charge in [0.2, 0.25) is 5.91 Å². The summed E-state index contributed by atoms with van der Waals surface area (Å²) in [5.41, 5.74) is 2.98. The number of ether oxygens (including phenoxy) is 1. The van der Waals surface area contributed by atoms with Gasteiger partial charge >= 0.3 is 0 Å². The summed E-state index contributed by atoms with van der Waals surface area (Å²) in [6.07, 6.45) is -0.268. The van der Waals surface area contributed by atoms with E-state index in [9.17, 15) is 4.79 Å². The molecule has 0 aliphatic heterocycles. The fraction of sp³-hybridized carbons (Fsp3) is 0.318. The van der Waals surface area contributed by atoms with Gasteiger partial charge in [0.15, 0.2) is 17.1 Å². The molecule has 0 spiro atoms. The Labute approximate surface area is 186 Å². The van der Waals surface area contributed by atoms with Gasteiger partial charge in [0.1, 0.15) is 5.75 Å². The molecular formula is C22H25ClN4O2S. The molecule has 3 aromatic rings. The fourth-order valence-corrected chi connectivity index (χ4v) is 3.98. The maximum atomic E-state index is 12.3. The van der Waals surface area contributed by atoms with Crippen LogP contribution < -0.4 is 10.1 Å². The number of carbonyl (C=O) groups is 1. The van der Waals surface area contributed by atoms with E-state index in [1.165, 1.54) is 17.3 Å². The number of aryl methyl sites for hydroxylation is 2. The summed E-state index contributed by atoms with van der Waals surface area (Å²) in [5, 5.41) is 12.8. The van der Waals surface area contributed by atoms with Gasteiger partial charge in [-0.05, 0) is 63.6 Å². The first-order valence-electron chi connectivity index (χ1n) is 9.72. The SMILES string of the molecule is CCn1c(SCC(=O)Nc2ccc(Cl)cc2)nnc1C(C)Oc1ccc(C)cc1C. The Morgan fingerprint density at radius 1 is 1.20 bits per heavy atom. The zero-order chi connectivity index (χ0) is 21.7. The highest BCUT2D eigenvalue weighted by Crippen LogP contribution is 2.27. The maximum Gasteiger partial charge on any atom is 0.234 e. The van der Waals surface area contributed by atoms with Crippen LogP contribution in [0.1, 0.15) is 36.9 Å². The molecule has 8 heteroatoms. The third-order valence-corrected chi connectivity index (χ3v) is 5.74. The molecule has 1 aromatic heterocycles. The summed E-state index contributed by atoms with van der Waals surface area (Å²) in [6.45, 7) is 8.75. The number of carbonyl (C=O) groups excluding carboxylic acids is 1. The number of aromatic nitrogens is 3. The lowest BCUT2D eigenvalue weighted by Crippen LogP contribution is -2.15. The molecule has 30 heavy (non-hydrogen) atoms. The van der Waals surface area contributed by atoms with Gasteiger partial charge in [-0.3, -0.25) is 4.79 Å². The standard InChI is InChI=1S/C22H25ClN4O2S/c1-5-27-21(16(4)29-19-11-6-14(2)12-15(19)3)25-26-22(27)30-13-20(28)24-18-9-7-17(23)8-10-18/h6-12,16H,5,13H2,1-4H3,(H,24,28). The molecule has 1 unspecified atom stereocenters. The van der Waals surface area contributed by atoms with Crippen LogP contribution in [0.25, 0.3) is 0 Å². The minimum absolute atomic E-state index is 0.117. The Hall–Kier alpha value is -2.51. The minimum atomic E-state index is -0.268. The van der Waals surface area contributed by atoms with Gasteiger partial charge in [0.05, 0.1) is 5.75 Å². The fourth-order valence-electron chi connectivity index (χ4n) is 3.04. The van der Waals surface area contributed by atoms with Gasteiger partial charge in [0.25, 0.3) is 0 Å². The first-order valence-corrected chi connectivity index (χ1v) is 11.1. The van der Waals surface area contributed by atoms with E-state index in [1.807, 2.05) is 37.5 Å². The van der Waals surface area contributed by atoms with Crippen LogP contribution in [0.3, 0.4) is 0 Å². The van der Waals surface area contributed by atoms with Crippen LogP contribution in [0.15, 0.2) is 47.6 Å². The van der Waals surface area contributed by atoms with E-state index in [4.69, 9.17) is 16.3 Å². The predicted octanol–water partition coefficient (Wildman–Crippen LogP) is 5.44. The first-order chi connectivity index (χ1) is 14.4. The summed E-state index contributed by atoms with van der Waals surface area (Å²) >= 11 is 7.22. The second-order valence-electron chi connectivity index (χ2n) is 6.96. The van der Waals surface area contributed by atoms with Crippen molar-refractivity contribution in [2.45, 2.75) is 45.5 Å². The molecule has 0 saturated carbocycles. The first kappa shape index (κ1) is 22.2. The molecular weight excluding hydrogens is 420 g/mol. The van der Waals surface area contributed by atoms with Crippen LogP contribution in [-0.2, 0) is 11.3 Å². The number of benzene rings is 2. The molecule has 3 rings (SSSR count). The second kappa shape index (κ2) is 10.00. The number of nitrogens with one attached hydrogen (secondary N) is 1. The molecule has 158 valence electrons. The van der Waals surface area contributed by atoms with Crippen molar-refractivity contribution in [1.29, 1.82) is 0 Å². The second-order valence-corrected chi connectivity index (χ2v) is 8.34. The van der Waals surface area contributed by atoms with Gasteiger partial charge in [-0.25, -0.2) is 0 Å². The molecule has 0 fully saturated rings. The normalized spacial score (nSPS) is 11.9. The molecule has 6 nitrogen and oxygen atoms in total. The molecule has 0 radical (unpaired) electrons. The van der Waals surface area contributed by atoms with E-state index in [1.54, 1.807) is 24.3 Å². The third-order valence-electron chi connectivity index (χ3n) is 4.52. The zero-order valence-corrected chi connectivity index (χ0v) is 19.0. The van der Waals surface area contributed by atoms with Crippen LogP contribution in [-0.4, -0.2) is 26.4 Å². The minimum Gasteiger partial charge on any atom is -0.482 e. The van der Waals surface area contributed by atoms with Crippen molar-refractivity contribution in [1.82, 2.24) is 14.8 Å². The van der Waals surface area contributed by atoms with E-state index in [2.05, 4.69) is 28.5 Å². The van der Waals surface area contributed by atoms with Crippen LogP contribution in [0.2, 0.25) is 5.02 Å². The van der Waals surface area contributed by atoms with Crippen molar-refractivity contribution in [3.63, 3.8) is 0 Å². The van der Waals surface area contributed by atoms with Gasteiger partial charge in [-0.2, -0.15) is 0 Å². The van der Waals surface area contributed by atoms with Gasteiger partial charge < -0.3 is 14.6 Å². The summed E-state index contributed by atoms with van der Waals surface area (Å²) in [5.74, 6) is 1.68. The van der Waals surface area contributed by atoms with E-state index in [0.717, 1.165) is 17.1 Å². The highest BCUT2D eigenvalue weighted by molar-refractivity contribution is 7.99. The molecule has 0 bridgehead atoms. The number of halogens is 1. The smallest absolute Gasteiger partial charge is 0.234 e. The highest BCUT2D eigenvalue weighted by Gasteiger charge is 2.20. The van der Waals surface area contributed by atoms with Crippen molar-refractivity contribution in [3.05, 3.63) is 64.4 Å². The van der Waals surface area contributed by atoms with Crippen molar-refractivity contribution >= 4 is 35.0 Å². The number of anilines is 1. The lowest BCUT2D eigenvalue weighted by molar-refractivity contribution is -0.113. The lowest BCUT2D eigenvalue weighted by atomic mass is 10.1. The van der Waals surface area contributed by atoms with Gasteiger partial charge in [-0.1, -0.05) is 41.1 Å². The van der Waals surface area contributed by atoms with Crippen LogP contribution in [0, 0.1) is 13.8 Å². The molecule has 1 amide bonds. The number of hydrogen-bond acceptors (Lipinski definition) is 5. The van der Waals surface area contributed by atoms with Crippen molar-refractivity contribution in [2.75, 3.05) is 11.1 Å². The van der Waals surface area contributed by atoms with Crippen LogP contribution in [0.5, 0.6) is 5.75 Å². The monoisotopic (exact) mass is 444 g/mol. The van der Waals surface area contributed by atoms with Crippen LogP contribution >= 0.6 is 23.4 Å². The van der Waals surface area contributed by atoms with E-state index < -0.39 is 0 Å². The van der Waals surface area contributed by atoms with Gasteiger partial charge in [-0.15, -0.1) is 10.2 Å². The number of thioether (sulfide) groups is 1. The Balaban J connectivity index is 1.64. The van der Waals surface area contributed by atoms with Crippen molar-refractivity contribution in [3.8, 4) is 5.75 Å². The molecule has 1 N–H and O–H groups in total. The summed E-state index contributed by atoms with van der Waals surface area (Å²) in [6, 6.07) is 13.1. The average molecular weight is 445 g/mol. The molecule has 0 aliphatic rings. The summed E-state index contributed by atoms with van der Waals surface area (Å²) < 4.78 is 8.11. The quantitative estimate of drug-likeness (QED) is 0.468. The molecule has 1 atom stereocenters. The highest BCUT2D eigenvalue weighted by atomic mass is 35.5. The van der Waals surface area contributed by atoms with Crippen molar-refractivity contribution < 1.29 is 9.53 Å². The molecule has 1 heterocycles. The lowest BCUT2D eigenvalue weighted by Gasteiger charge is -2.17. The Morgan fingerprint density at radius 2 is 1.93 bits per heavy atom. The summed E-state index contributed by atoms with van der Waals surface area (Å²) in [7, 11) is 0. The zero-order valence-electron chi connectivity index (χ0n) is 17.5. The Bertz CT molecular complexity index is 1020. The number of hydrogen-bond donors (Lipinski definition) is 1. The Morgan fingerprint density at radius 3 is 2.60 bits per heavy atom. The van der Waals surface area contributed by atoms with E-state index in [-0.39, 0.29) is 17.8 Å². The van der Waals surface area contributed by atoms with E-state index >= 15 is 0 Å². The number of nitrogens with zero attached hydrogens (tertiary/aromatic N) is 3. The largest absolute Gasteiger partial charge is 0.482 e. The molecule has 2 aromatic carbocycles. The Kier molecular flexibility index (Phi) is 7.39. The number of amides is 1. The third kappa shape index (κ3) is 5.55. The topological polar surface area (TPSA) is 69.0 Å². The molecule has 0 saturated heterocycles. The van der Waals surface area contributed by atoms with Crippen LogP contribution in [0.4, 0.5) is 5.69 Å². The van der Waals surface area contributed by atoms with Gasteiger partial charge in [0, 0.05) is 17.3 Å².